The molecule has 1 heterocycles. The first-order chi connectivity index (χ1) is 18.6. The standard InChI is InChI=1S/C28H28F4N2O5S/c1-27(2,26(35)36)17-39-24-15-25-23(14-22(24)28(30,31)32)34(20-11-9-19(29)10-12-20)16-21(33(3)40(25,37)38)13-18-7-5-4-6-8-18/h4-12,14-15,21H,13,16-17H2,1-3H3,(H,35,36)/t21-/m1/s1. The van der Waals surface area contributed by atoms with Crippen LogP contribution in [0.1, 0.15) is 25.0 Å². The third kappa shape index (κ3) is 5.92. The molecule has 0 spiro atoms. The number of hydrogen-bond acceptors (Lipinski definition) is 5. The van der Waals surface area contributed by atoms with E-state index in [2.05, 4.69) is 0 Å². The number of aliphatic carboxylic acids is 1. The highest BCUT2D eigenvalue weighted by molar-refractivity contribution is 7.89. The van der Waals surface area contributed by atoms with Crippen LogP contribution in [0.5, 0.6) is 5.75 Å². The maximum absolute atomic E-state index is 14.3. The summed E-state index contributed by atoms with van der Waals surface area (Å²) in [6, 6.07) is 14.8. The van der Waals surface area contributed by atoms with E-state index in [-0.39, 0.29) is 18.7 Å². The van der Waals surface area contributed by atoms with E-state index in [1.54, 1.807) is 12.1 Å². The molecular weight excluding hydrogens is 552 g/mol. The van der Waals surface area contributed by atoms with Gasteiger partial charge in [0.2, 0.25) is 10.0 Å². The van der Waals surface area contributed by atoms with Crippen molar-refractivity contribution in [2.45, 2.75) is 37.4 Å². The number of ether oxygens (including phenoxy) is 1. The fraction of sp³-hybridized carbons (Fsp3) is 0.321. The topological polar surface area (TPSA) is 87.2 Å². The molecule has 0 saturated carbocycles. The van der Waals surface area contributed by atoms with Gasteiger partial charge in [-0.1, -0.05) is 30.3 Å². The molecule has 0 saturated heterocycles. The fourth-order valence-corrected chi connectivity index (χ4v) is 5.88. The molecule has 7 nitrogen and oxygen atoms in total. The van der Waals surface area contributed by atoms with Gasteiger partial charge in [0.25, 0.3) is 0 Å². The van der Waals surface area contributed by atoms with Gasteiger partial charge in [0.15, 0.2) is 0 Å². The van der Waals surface area contributed by atoms with Gasteiger partial charge < -0.3 is 14.7 Å². The minimum Gasteiger partial charge on any atom is -0.492 e. The first-order valence-corrected chi connectivity index (χ1v) is 13.7. The van der Waals surface area contributed by atoms with Gasteiger partial charge in [-0.15, -0.1) is 0 Å². The van der Waals surface area contributed by atoms with Crippen LogP contribution >= 0.6 is 0 Å². The van der Waals surface area contributed by atoms with Gasteiger partial charge in [-0.25, -0.2) is 12.8 Å². The molecule has 0 aliphatic carbocycles. The van der Waals surface area contributed by atoms with E-state index in [1.807, 2.05) is 18.2 Å². The highest BCUT2D eigenvalue weighted by atomic mass is 32.2. The molecule has 214 valence electrons. The minimum absolute atomic E-state index is 0.0349. The molecule has 1 aliphatic heterocycles. The predicted molar refractivity (Wildman–Crippen MR) is 141 cm³/mol. The second kappa shape index (κ2) is 10.7. The molecule has 1 atom stereocenters. The summed E-state index contributed by atoms with van der Waals surface area (Å²) in [6.45, 7) is 1.88. The van der Waals surface area contributed by atoms with Crippen LogP contribution in [-0.4, -0.2) is 50.0 Å². The summed E-state index contributed by atoms with van der Waals surface area (Å²) in [5, 5.41) is 9.39. The Bertz CT molecular complexity index is 1490. The van der Waals surface area contributed by atoms with Crippen molar-refractivity contribution in [2.75, 3.05) is 25.1 Å². The van der Waals surface area contributed by atoms with Crippen LogP contribution in [0.25, 0.3) is 0 Å². The number of sulfonamides is 1. The predicted octanol–water partition coefficient (Wildman–Crippen LogP) is 5.72. The number of likely N-dealkylation sites (N-methyl/N-ethyl adjacent to an activating group) is 1. The van der Waals surface area contributed by atoms with Crippen LogP contribution in [0.15, 0.2) is 71.6 Å². The Morgan fingerprint density at radius 1 is 1.05 bits per heavy atom. The number of nitrogens with zero attached hydrogens (tertiary/aromatic N) is 2. The number of anilines is 2. The molecular formula is C28H28F4N2O5S. The van der Waals surface area contributed by atoms with Gasteiger partial charge in [-0.05, 0) is 56.2 Å². The summed E-state index contributed by atoms with van der Waals surface area (Å²) in [4.78, 5) is 12.5. The van der Waals surface area contributed by atoms with Crippen LogP contribution in [-0.2, 0) is 27.4 Å². The lowest BCUT2D eigenvalue weighted by molar-refractivity contribution is -0.148. The van der Waals surface area contributed by atoms with Crippen LogP contribution < -0.4 is 9.64 Å². The molecule has 4 rings (SSSR count). The lowest BCUT2D eigenvalue weighted by atomic mass is 9.95. The second-order valence-corrected chi connectivity index (χ2v) is 12.2. The molecule has 1 aliphatic rings. The van der Waals surface area contributed by atoms with Gasteiger partial charge in [-0.3, -0.25) is 4.79 Å². The molecule has 0 bridgehead atoms. The van der Waals surface area contributed by atoms with Crippen molar-refractivity contribution in [3.05, 3.63) is 83.7 Å². The summed E-state index contributed by atoms with van der Waals surface area (Å²) >= 11 is 0. The van der Waals surface area contributed by atoms with Gasteiger partial charge >= 0.3 is 12.1 Å². The van der Waals surface area contributed by atoms with E-state index in [4.69, 9.17) is 4.74 Å². The SMILES string of the molecule is CN1[C@H](Cc2ccccc2)CN(c2ccc(F)cc2)c2cc(C(F)(F)F)c(OCC(C)(C)C(=O)O)cc2S1(=O)=O. The third-order valence-electron chi connectivity index (χ3n) is 6.84. The normalized spacial score (nSPS) is 17.7. The van der Waals surface area contributed by atoms with Gasteiger partial charge in [0.1, 0.15) is 23.1 Å². The first kappa shape index (κ1) is 29.3. The van der Waals surface area contributed by atoms with E-state index in [0.29, 0.717) is 11.8 Å². The largest absolute Gasteiger partial charge is 0.492 e. The zero-order valence-electron chi connectivity index (χ0n) is 21.9. The van der Waals surface area contributed by atoms with Gasteiger partial charge in [0.05, 0.1) is 16.7 Å². The Morgan fingerprint density at radius 2 is 1.68 bits per heavy atom. The molecule has 40 heavy (non-hydrogen) atoms. The Balaban J connectivity index is 1.92. The molecule has 3 aromatic rings. The first-order valence-electron chi connectivity index (χ1n) is 12.3. The highest BCUT2D eigenvalue weighted by Crippen LogP contribution is 2.46. The number of hydrogen-bond donors (Lipinski definition) is 1. The number of benzene rings is 3. The molecule has 3 aromatic carbocycles. The summed E-state index contributed by atoms with van der Waals surface area (Å²) in [6.07, 6.45) is -4.71. The van der Waals surface area contributed by atoms with Crippen molar-refractivity contribution in [2.24, 2.45) is 5.41 Å². The summed E-state index contributed by atoms with van der Waals surface area (Å²) in [7, 11) is -3.02. The Labute approximate surface area is 229 Å². The highest BCUT2D eigenvalue weighted by Gasteiger charge is 2.42. The number of carboxylic acid groups (broad SMARTS) is 1. The van der Waals surface area contributed by atoms with Crippen molar-refractivity contribution >= 4 is 27.4 Å². The minimum atomic E-state index is -4.96. The summed E-state index contributed by atoms with van der Waals surface area (Å²) in [5.74, 6) is -2.67. The molecule has 0 amide bonds. The van der Waals surface area contributed by atoms with E-state index < -0.39 is 62.3 Å². The average molecular weight is 581 g/mol. The molecule has 0 aromatic heterocycles. The zero-order valence-corrected chi connectivity index (χ0v) is 22.8. The zero-order chi connectivity index (χ0) is 29.5. The van der Waals surface area contributed by atoms with Crippen LogP contribution in [0.2, 0.25) is 0 Å². The van der Waals surface area contributed by atoms with Crippen molar-refractivity contribution in [1.29, 1.82) is 0 Å². The van der Waals surface area contributed by atoms with Crippen molar-refractivity contribution < 1.29 is 40.6 Å². The van der Waals surface area contributed by atoms with Crippen LogP contribution in [0, 0.1) is 11.2 Å². The van der Waals surface area contributed by atoms with Crippen molar-refractivity contribution in [1.82, 2.24) is 4.31 Å². The molecule has 12 heteroatoms. The smallest absolute Gasteiger partial charge is 0.420 e. The number of carboxylic acids is 1. The number of alkyl halides is 3. The quantitative estimate of drug-likeness (QED) is 0.360. The number of fused-ring (bicyclic) bond motifs is 1. The molecule has 0 unspecified atom stereocenters. The molecule has 1 N–H and O–H groups in total. The number of rotatable bonds is 7. The number of halogens is 4. The van der Waals surface area contributed by atoms with E-state index in [1.165, 1.54) is 37.9 Å². The lowest BCUT2D eigenvalue weighted by Gasteiger charge is -2.30. The van der Waals surface area contributed by atoms with E-state index in [0.717, 1.165) is 28.1 Å². The Hall–Kier alpha value is -3.64. The molecule has 0 radical (unpaired) electrons. The maximum Gasteiger partial charge on any atom is 0.420 e. The lowest BCUT2D eigenvalue weighted by Crippen LogP contribution is -2.42. The summed E-state index contributed by atoms with van der Waals surface area (Å²) in [5.41, 5.74) is -1.97. The fourth-order valence-electron chi connectivity index (χ4n) is 4.35. The van der Waals surface area contributed by atoms with Gasteiger partial charge in [-0.2, -0.15) is 17.5 Å². The average Bonchev–Trinajstić information content (AvgIpc) is 2.96. The van der Waals surface area contributed by atoms with Crippen molar-refractivity contribution in [3.8, 4) is 5.75 Å². The van der Waals surface area contributed by atoms with Crippen molar-refractivity contribution in [3.63, 3.8) is 0 Å². The Kier molecular flexibility index (Phi) is 7.88. The monoisotopic (exact) mass is 580 g/mol. The maximum atomic E-state index is 14.3. The van der Waals surface area contributed by atoms with E-state index in [9.17, 15) is 35.9 Å². The second-order valence-electron chi connectivity index (χ2n) is 10.2. The van der Waals surface area contributed by atoms with Crippen LogP contribution in [0.3, 0.4) is 0 Å². The molecule has 0 fully saturated rings. The Morgan fingerprint density at radius 3 is 2.25 bits per heavy atom. The van der Waals surface area contributed by atoms with E-state index >= 15 is 0 Å². The third-order valence-corrected chi connectivity index (χ3v) is 8.78. The summed E-state index contributed by atoms with van der Waals surface area (Å²) < 4.78 is 90.9. The number of carbonyl (C=O) groups is 1. The van der Waals surface area contributed by atoms with Crippen LogP contribution in [0.4, 0.5) is 28.9 Å². The van der Waals surface area contributed by atoms with Gasteiger partial charge in [0, 0.05) is 31.4 Å².